The molecule has 0 saturated carbocycles. The molecule has 6 nitrogen and oxygen atoms in total. The molecule has 0 aliphatic carbocycles. The Morgan fingerprint density at radius 3 is 2.88 bits per heavy atom. The number of pyridine rings is 1. The normalized spacial score (nSPS) is 14.4. The highest BCUT2D eigenvalue weighted by Gasteiger charge is 2.22. The zero-order valence-electron chi connectivity index (χ0n) is 15.4. The minimum absolute atomic E-state index is 0.00182. The van der Waals surface area contributed by atoms with Crippen LogP contribution in [-0.2, 0) is 19.5 Å². The Kier molecular flexibility index (Phi) is 4.20. The molecule has 134 valence electrons. The molecule has 3 aromatic heterocycles. The quantitative estimate of drug-likeness (QED) is 0.789. The van der Waals surface area contributed by atoms with E-state index < -0.39 is 0 Å². The van der Waals surface area contributed by atoms with E-state index in [1.807, 2.05) is 19.2 Å². The van der Waals surface area contributed by atoms with Crippen LogP contribution in [0.4, 0.5) is 0 Å². The molecule has 6 heteroatoms. The first-order chi connectivity index (χ1) is 12.5. The van der Waals surface area contributed by atoms with Crippen molar-refractivity contribution in [3.8, 4) is 5.69 Å². The van der Waals surface area contributed by atoms with Crippen molar-refractivity contribution in [3.05, 3.63) is 75.0 Å². The third-order valence-electron chi connectivity index (χ3n) is 5.10. The molecule has 26 heavy (non-hydrogen) atoms. The summed E-state index contributed by atoms with van der Waals surface area (Å²) in [6.07, 6.45) is 4.49. The second-order valence-electron chi connectivity index (χ2n) is 6.98. The van der Waals surface area contributed by atoms with Crippen LogP contribution in [-0.4, -0.2) is 31.0 Å². The molecule has 0 unspecified atom stereocenters. The monoisotopic (exact) mass is 349 g/mol. The Balaban J connectivity index is 1.60. The average molecular weight is 349 g/mol. The molecule has 1 aliphatic rings. The number of nitrogens with zero attached hydrogens (tertiary/aromatic N) is 4. The number of aromatic nitrogens is 4. The number of hydrogen-bond donors (Lipinski definition) is 1. The highest BCUT2D eigenvalue weighted by atomic mass is 16.1. The van der Waals surface area contributed by atoms with Crippen LogP contribution in [0.2, 0.25) is 0 Å². The maximum absolute atomic E-state index is 12.3. The van der Waals surface area contributed by atoms with Crippen molar-refractivity contribution in [2.75, 3.05) is 6.54 Å². The van der Waals surface area contributed by atoms with Gasteiger partial charge in [0.15, 0.2) is 0 Å². The Labute approximate surface area is 152 Å². The molecule has 4 heterocycles. The summed E-state index contributed by atoms with van der Waals surface area (Å²) in [5.74, 6) is 0.696. The number of fused-ring (bicyclic) bond motifs is 1. The number of nitrogens with one attached hydrogen (secondary N) is 1. The van der Waals surface area contributed by atoms with Gasteiger partial charge in [-0.3, -0.25) is 14.7 Å². The van der Waals surface area contributed by atoms with Crippen molar-refractivity contribution in [2.24, 2.45) is 0 Å². The molecule has 0 amide bonds. The van der Waals surface area contributed by atoms with Crippen LogP contribution in [0.1, 0.15) is 34.0 Å². The van der Waals surface area contributed by atoms with E-state index in [0.29, 0.717) is 12.4 Å². The molecule has 0 fully saturated rings. The summed E-state index contributed by atoms with van der Waals surface area (Å²) in [5, 5.41) is 0. The summed E-state index contributed by atoms with van der Waals surface area (Å²) in [7, 11) is 0. The molecule has 4 rings (SSSR count). The van der Waals surface area contributed by atoms with Crippen molar-refractivity contribution < 1.29 is 0 Å². The second kappa shape index (κ2) is 6.53. The van der Waals surface area contributed by atoms with E-state index in [0.717, 1.165) is 36.5 Å². The first kappa shape index (κ1) is 16.7. The van der Waals surface area contributed by atoms with Gasteiger partial charge in [0.2, 0.25) is 0 Å². The third kappa shape index (κ3) is 2.97. The van der Waals surface area contributed by atoms with Crippen molar-refractivity contribution in [1.82, 2.24) is 24.4 Å². The molecule has 0 aromatic carbocycles. The van der Waals surface area contributed by atoms with Crippen LogP contribution in [0.15, 0.2) is 35.4 Å². The number of aryl methyl sites for hydroxylation is 2. The van der Waals surface area contributed by atoms with Gasteiger partial charge in [-0.2, -0.15) is 0 Å². The molecule has 0 spiro atoms. The van der Waals surface area contributed by atoms with Crippen LogP contribution >= 0.6 is 0 Å². The lowest BCUT2D eigenvalue weighted by molar-refractivity contribution is 0.241. The predicted octanol–water partition coefficient (Wildman–Crippen LogP) is 2.44. The summed E-state index contributed by atoms with van der Waals surface area (Å²) in [6.45, 7) is 8.49. The summed E-state index contributed by atoms with van der Waals surface area (Å²) >= 11 is 0. The molecule has 0 atom stereocenters. The van der Waals surface area contributed by atoms with Crippen molar-refractivity contribution in [3.63, 3.8) is 0 Å². The third-order valence-corrected chi connectivity index (χ3v) is 5.10. The summed E-state index contributed by atoms with van der Waals surface area (Å²) in [4.78, 5) is 26.1. The molecule has 3 aromatic rings. The first-order valence-corrected chi connectivity index (χ1v) is 8.92. The smallest absolute Gasteiger partial charge is 0.255 e. The maximum atomic E-state index is 12.3. The fraction of sp³-hybridized carbons (Fsp3) is 0.350. The number of H-pyrrole nitrogens is 1. The van der Waals surface area contributed by atoms with Crippen molar-refractivity contribution >= 4 is 0 Å². The lowest BCUT2D eigenvalue weighted by Crippen LogP contribution is -2.35. The molecular weight excluding hydrogens is 326 g/mol. The van der Waals surface area contributed by atoms with E-state index in [1.54, 1.807) is 6.20 Å². The van der Waals surface area contributed by atoms with E-state index in [2.05, 4.69) is 50.4 Å². The lowest BCUT2D eigenvalue weighted by atomic mass is 10.1. The number of hydrogen-bond acceptors (Lipinski definition) is 4. The lowest BCUT2D eigenvalue weighted by Gasteiger charge is -2.27. The highest BCUT2D eigenvalue weighted by Crippen LogP contribution is 2.23. The van der Waals surface area contributed by atoms with Crippen LogP contribution in [0.25, 0.3) is 5.69 Å². The van der Waals surface area contributed by atoms with Gasteiger partial charge < -0.3 is 9.55 Å². The van der Waals surface area contributed by atoms with E-state index in [9.17, 15) is 4.79 Å². The highest BCUT2D eigenvalue weighted by molar-refractivity contribution is 5.39. The second-order valence-corrected chi connectivity index (χ2v) is 6.98. The molecule has 0 radical (unpaired) electrons. The van der Waals surface area contributed by atoms with Crippen LogP contribution in [0.3, 0.4) is 0 Å². The standard InChI is InChI=1S/C20H23N5O/c1-13-9-16(14(2)25(13)17-5-4-7-21-10-17)11-24-8-6-19-18(12-24)20(26)23-15(3)22-19/h4-5,7,9-10H,6,8,11-12H2,1-3H3,(H,22,23,26). The molecule has 1 N–H and O–H groups in total. The topological polar surface area (TPSA) is 66.8 Å². The zero-order valence-corrected chi connectivity index (χ0v) is 15.4. The largest absolute Gasteiger partial charge is 0.317 e. The summed E-state index contributed by atoms with van der Waals surface area (Å²) in [6, 6.07) is 6.26. The Hall–Kier alpha value is -2.73. The SMILES string of the molecule is Cc1nc2c(c(=O)[nH]1)CN(Cc1cc(C)n(-c3cccnc3)c1C)CC2. The average Bonchev–Trinajstić information content (AvgIpc) is 2.89. The summed E-state index contributed by atoms with van der Waals surface area (Å²) in [5.41, 5.74) is 6.53. The van der Waals surface area contributed by atoms with E-state index in [4.69, 9.17) is 0 Å². The Bertz CT molecular complexity index is 1000. The number of rotatable bonds is 3. The van der Waals surface area contributed by atoms with Crippen LogP contribution in [0, 0.1) is 20.8 Å². The van der Waals surface area contributed by atoms with Gasteiger partial charge in [-0.05, 0) is 44.5 Å². The van der Waals surface area contributed by atoms with E-state index in [1.165, 1.54) is 17.0 Å². The number of aromatic amines is 1. The van der Waals surface area contributed by atoms with Gasteiger partial charge in [-0.15, -0.1) is 0 Å². The molecule has 0 bridgehead atoms. The fourth-order valence-electron chi connectivity index (χ4n) is 3.85. The van der Waals surface area contributed by atoms with Crippen LogP contribution in [0.5, 0.6) is 0 Å². The van der Waals surface area contributed by atoms with Crippen molar-refractivity contribution in [2.45, 2.75) is 40.3 Å². The maximum Gasteiger partial charge on any atom is 0.255 e. The Morgan fingerprint density at radius 2 is 2.12 bits per heavy atom. The first-order valence-electron chi connectivity index (χ1n) is 8.92. The minimum atomic E-state index is -0.00182. The van der Waals surface area contributed by atoms with Gasteiger partial charge in [0.05, 0.1) is 23.1 Å². The summed E-state index contributed by atoms with van der Waals surface area (Å²) < 4.78 is 2.23. The molecule has 1 aliphatic heterocycles. The van der Waals surface area contributed by atoms with Gasteiger partial charge in [-0.1, -0.05) is 0 Å². The minimum Gasteiger partial charge on any atom is -0.317 e. The van der Waals surface area contributed by atoms with Gasteiger partial charge in [0.25, 0.3) is 5.56 Å². The van der Waals surface area contributed by atoms with Gasteiger partial charge in [0, 0.05) is 43.6 Å². The zero-order chi connectivity index (χ0) is 18.3. The molecular formula is C20H23N5O. The van der Waals surface area contributed by atoms with E-state index >= 15 is 0 Å². The van der Waals surface area contributed by atoms with Crippen molar-refractivity contribution in [1.29, 1.82) is 0 Å². The van der Waals surface area contributed by atoms with Gasteiger partial charge >= 0.3 is 0 Å². The van der Waals surface area contributed by atoms with Gasteiger partial charge in [-0.25, -0.2) is 4.98 Å². The fourth-order valence-corrected chi connectivity index (χ4v) is 3.85. The van der Waals surface area contributed by atoms with E-state index in [-0.39, 0.29) is 5.56 Å². The Morgan fingerprint density at radius 1 is 1.27 bits per heavy atom. The van der Waals surface area contributed by atoms with Gasteiger partial charge in [0.1, 0.15) is 5.82 Å². The molecule has 0 saturated heterocycles. The van der Waals surface area contributed by atoms with Crippen LogP contribution < -0.4 is 5.56 Å². The predicted molar refractivity (Wildman–Crippen MR) is 100 cm³/mol.